The molecule has 34 heavy (non-hydrogen) atoms. The van der Waals surface area contributed by atoms with Gasteiger partial charge in [-0.05, 0) is 48.8 Å². The number of carbonyl (C=O) groups is 3. The van der Waals surface area contributed by atoms with Crippen LogP contribution in [0.25, 0.3) is 0 Å². The molecule has 0 unspecified atom stereocenters. The van der Waals surface area contributed by atoms with Crippen molar-refractivity contribution in [3.05, 3.63) is 71.3 Å². The quantitative estimate of drug-likeness (QED) is 0.421. The number of benzene rings is 2. The molecule has 4 N–H and O–H groups in total. The van der Waals surface area contributed by atoms with E-state index in [2.05, 4.69) is 17.4 Å². The number of nitrogens with two attached hydrogens (primary N) is 1. The summed E-state index contributed by atoms with van der Waals surface area (Å²) >= 11 is 0. The van der Waals surface area contributed by atoms with Gasteiger partial charge in [-0.2, -0.15) is 0 Å². The standard InChI is InChI=1S/C27H35N3O4/c28-18-22-13-11-21(12-14-22)8-4-10-25(31)29-19-24-16-23(17-26(32)33)27(34)30(24)15-5-9-20-6-2-1-3-7-20/h1-3,6-7,11-14,23-24H,4-5,8-10,15-19,28H2,(H,29,31)(H,32,33)/t23-,24-/m0/s1. The molecule has 0 saturated carbocycles. The van der Waals surface area contributed by atoms with Crippen LogP contribution in [0, 0.1) is 5.92 Å². The van der Waals surface area contributed by atoms with Gasteiger partial charge in [0.1, 0.15) is 0 Å². The normalized spacial score (nSPS) is 17.7. The third-order valence-corrected chi connectivity index (χ3v) is 6.42. The zero-order valence-corrected chi connectivity index (χ0v) is 19.6. The summed E-state index contributed by atoms with van der Waals surface area (Å²) in [7, 11) is 0. The first-order valence-electron chi connectivity index (χ1n) is 12.1. The van der Waals surface area contributed by atoms with Crippen LogP contribution < -0.4 is 11.1 Å². The lowest BCUT2D eigenvalue weighted by atomic mass is 10.0. The lowest BCUT2D eigenvalue weighted by Crippen LogP contribution is -2.42. The number of aliphatic carboxylic acids is 1. The summed E-state index contributed by atoms with van der Waals surface area (Å²) in [6, 6.07) is 18.0. The number of hydrogen-bond acceptors (Lipinski definition) is 4. The number of carboxylic acids is 1. The molecule has 0 bridgehead atoms. The Morgan fingerprint density at radius 2 is 1.62 bits per heavy atom. The van der Waals surface area contributed by atoms with Crippen LogP contribution in [0.3, 0.4) is 0 Å². The molecule has 7 nitrogen and oxygen atoms in total. The van der Waals surface area contributed by atoms with Crippen molar-refractivity contribution in [2.75, 3.05) is 13.1 Å². The van der Waals surface area contributed by atoms with Crippen LogP contribution in [0.4, 0.5) is 0 Å². The molecule has 1 saturated heterocycles. The Kier molecular flexibility index (Phi) is 9.64. The molecular formula is C27H35N3O4. The number of amides is 2. The van der Waals surface area contributed by atoms with Gasteiger partial charge in [0.25, 0.3) is 0 Å². The van der Waals surface area contributed by atoms with Gasteiger partial charge in [-0.15, -0.1) is 0 Å². The van der Waals surface area contributed by atoms with E-state index in [-0.39, 0.29) is 24.3 Å². The van der Waals surface area contributed by atoms with Gasteiger partial charge in [0, 0.05) is 32.1 Å². The van der Waals surface area contributed by atoms with E-state index >= 15 is 0 Å². The molecule has 7 heteroatoms. The van der Waals surface area contributed by atoms with Crippen LogP contribution in [0.15, 0.2) is 54.6 Å². The fourth-order valence-corrected chi connectivity index (χ4v) is 4.55. The molecule has 2 aromatic carbocycles. The highest BCUT2D eigenvalue weighted by Gasteiger charge is 2.39. The van der Waals surface area contributed by atoms with Crippen molar-refractivity contribution in [3.8, 4) is 0 Å². The molecule has 1 aliphatic heterocycles. The van der Waals surface area contributed by atoms with Crippen molar-refractivity contribution in [1.82, 2.24) is 10.2 Å². The van der Waals surface area contributed by atoms with Crippen LogP contribution >= 0.6 is 0 Å². The maximum absolute atomic E-state index is 12.9. The highest BCUT2D eigenvalue weighted by Crippen LogP contribution is 2.27. The number of likely N-dealkylation sites (tertiary alicyclic amines) is 1. The second-order valence-electron chi connectivity index (χ2n) is 8.98. The smallest absolute Gasteiger partial charge is 0.304 e. The van der Waals surface area contributed by atoms with Gasteiger partial charge in [0.05, 0.1) is 12.3 Å². The number of nitrogens with zero attached hydrogens (tertiary/aromatic N) is 1. The SMILES string of the molecule is NCc1ccc(CCCC(=O)NC[C@@H]2C[C@@H](CC(=O)O)C(=O)N2CCCc2ccccc2)cc1. The summed E-state index contributed by atoms with van der Waals surface area (Å²) in [4.78, 5) is 38.2. The Hall–Kier alpha value is -3.19. The minimum atomic E-state index is -0.966. The third-order valence-electron chi connectivity index (χ3n) is 6.42. The van der Waals surface area contributed by atoms with E-state index in [4.69, 9.17) is 5.73 Å². The molecule has 0 aromatic heterocycles. The maximum atomic E-state index is 12.9. The van der Waals surface area contributed by atoms with Crippen LogP contribution in [0.2, 0.25) is 0 Å². The van der Waals surface area contributed by atoms with Crippen LogP contribution in [0.5, 0.6) is 0 Å². The summed E-state index contributed by atoms with van der Waals surface area (Å²) in [6.45, 7) is 1.43. The van der Waals surface area contributed by atoms with E-state index in [1.807, 2.05) is 42.5 Å². The van der Waals surface area contributed by atoms with E-state index in [0.717, 1.165) is 31.2 Å². The van der Waals surface area contributed by atoms with Gasteiger partial charge in [0.2, 0.25) is 11.8 Å². The number of rotatable bonds is 13. The Morgan fingerprint density at radius 1 is 0.971 bits per heavy atom. The van der Waals surface area contributed by atoms with E-state index in [9.17, 15) is 19.5 Å². The summed E-state index contributed by atoms with van der Waals surface area (Å²) < 4.78 is 0. The number of carboxylic acid groups (broad SMARTS) is 1. The van der Waals surface area contributed by atoms with Crippen LogP contribution in [0.1, 0.15) is 48.8 Å². The molecule has 182 valence electrons. The lowest BCUT2D eigenvalue weighted by Gasteiger charge is -2.25. The van der Waals surface area contributed by atoms with Gasteiger partial charge < -0.3 is 21.1 Å². The number of aryl methyl sites for hydroxylation is 2. The average molecular weight is 466 g/mol. The molecule has 1 aliphatic rings. The average Bonchev–Trinajstić information content (AvgIpc) is 3.12. The van der Waals surface area contributed by atoms with Crippen molar-refractivity contribution in [2.45, 2.75) is 57.5 Å². The fraction of sp³-hybridized carbons (Fsp3) is 0.444. The molecule has 2 aromatic rings. The van der Waals surface area contributed by atoms with Crippen molar-refractivity contribution < 1.29 is 19.5 Å². The van der Waals surface area contributed by atoms with Crippen LogP contribution in [-0.4, -0.2) is 46.9 Å². The first-order valence-corrected chi connectivity index (χ1v) is 12.1. The second kappa shape index (κ2) is 12.9. The van der Waals surface area contributed by atoms with Gasteiger partial charge in [-0.25, -0.2) is 0 Å². The van der Waals surface area contributed by atoms with E-state index in [1.54, 1.807) is 4.90 Å². The van der Waals surface area contributed by atoms with E-state index in [0.29, 0.717) is 32.5 Å². The molecule has 2 amide bonds. The first kappa shape index (κ1) is 25.4. The Labute approximate surface area is 201 Å². The Balaban J connectivity index is 1.47. The summed E-state index contributed by atoms with van der Waals surface area (Å²) in [5, 5.41) is 12.1. The number of nitrogens with one attached hydrogen (secondary N) is 1. The van der Waals surface area contributed by atoms with Crippen molar-refractivity contribution in [2.24, 2.45) is 11.7 Å². The monoisotopic (exact) mass is 465 g/mol. The summed E-state index contributed by atoms with van der Waals surface area (Å²) in [5.74, 6) is -1.65. The molecule has 3 rings (SSSR count). The van der Waals surface area contributed by atoms with Gasteiger partial charge in [0.15, 0.2) is 0 Å². The molecule has 2 atom stereocenters. The fourth-order valence-electron chi connectivity index (χ4n) is 4.55. The molecule has 0 spiro atoms. The second-order valence-corrected chi connectivity index (χ2v) is 8.98. The lowest BCUT2D eigenvalue weighted by molar-refractivity contribution is -0.142. The minimum Gasteiger partial charge on any atom is -0.481 e. The summed E-state index contributed by atoms with van der Waals surface area (Å²) in [5.41, 5.74) is 9.09. The highest BCUT2D eigenvalue weighted by atomic mass is 16.4. The number of hydrogen-bond donors (Lipinski definition) is 3. The molecule has 1 heterocycles. The van der Waals surface area contributed by atoms with Crippen molar-refractivity contribution >= 4 is 17.8 Å². The molecule has 0 aliphatic carbocycles. The topological polar surface area (TPSA) is 113 Å². The molecule has 0 radical (unpaired) electrons. The van der Waals surface area contributed by atoms with Gasteiger partial charge >= 0.3 is 5.97 Å². The first-order chi connectivity index (χ1) is 16.5. The number of carbonyl (C=O) groups excluding carboxylic acids is 2. The Morgan fingerprint density at radius 3 is 2.29 bits per heavy atom. The zero-order chi connectivity index (χ0) is 24.3. The van der Waals surface area contributed by atoms with Crippen molar-refractivity contribution in [3.63, 3.8) is 0 Å². The molecular weight excluding hydrogens is 430 g/mol. The van der Waals surface area contributed by atoms with E-state index in [1.165, 1.54) is 11.1 Å². The summed E-state index contributed by atoms with van der Waals surface area (Å²) in [6.07, 6.45) is 3.90. The van der Waals surface area contributed by atoms with Gasteiger partial charge in [-0.3, -0.25) is 14.4 Å². The van der Waals surface area contributed by atoms with Gasteiger partial charge in [-0.1, -0.05) is 54.6 Å². The zero-order valence-electron chi connectivity index (χ0n) is 19.6. The molecule has 1 fully saturated rings. The Bertz CT molecular complexity index is 946. The highest BCUT2D eigenvalue weighted by molar-refractivity contribution is 5.85. The minimum absolute atomic E-state index is 0.0445. The predicted molar refractivity (Wildman–Crippen MR) is 131 cm³/mol. The largest absolute Gasteiger partial charge is 0.481 e. The predicted octanol–water partition coefficient (Wildman–Crippen LogP) is 2.91. The van der Waals surface area contributed by atoms with Crippen LogP contribution in [-0.2, 0) is 33.8 Å². The maximum Gasteiger partial charge on any atom is 0.304 e. The third kappa shape index (κ3) is 7.70. The van der Waals surface area contributed by atoms with E-state index < -0.39 is 11.9 Å². The van der Waals surface area contributed by atoms with Crippen molar-refractivity contribution in [1.29, 1.82) is 0 Å².